The van der Waals surface area contributed by atoms with Crippen molar-refractivity contribution >= 4 is 67.5 Å². The van der Waals surface area contributed by atoms with Crippen LogP contribution in [-0.2, 0) is 86.4 Å². The average molecular weight is 1850 g/mol. The quantitative estimate of drug-likeness (QED) is 0.0360. The van der Waals surface area contributed by atoms with Crippen LogP contribution in [-0.4, -0.2) is 143 Å². The Bertz CT molecular complexity index is 4480. The zero-order chi connectivity index (χ0) is 91.2. The molecule has 0 spiro atoms. The number of benzene rings is 8. The molecule has 14 fully saturated rings. The first-order valence-corrected chi connectivity index (χ1v) is 50.3. The van der Waals surface area contributed by atoms with Crippen LogP contribution in [0.5, 0.6) is 11.5 Å². The van der Waals surface area contributed by atoms with E-state index in [1.807, 2.05) is 24.3 Å². The van der Waals surface area contributed by atoms with E-state index in [1.54, 1.807) is 4.90 Å². The molecule has 0 radical (unpaired) electrons. The van der Waals surface area contributed by atoms with Gasteiger partial charge in [-0.25, -0.2) is 19.2 Å². The second-order valence-corrected chi connectivity index (χ2v) is 46.3. The Balaban J connectivity index is 0.000000127. The van der Waals surface area contributed by atoms with Crippen molar-refractivity contribution in [2.75, 3.05) is 63.2 Å². The van der Waals surface area contributed by atoms with E-state index in [4.69, 9.17) is 23.7 Å². The monoisotopic (exact) mass is 1850 g/mol. The van der Waals surface area contributed by atoms with E-state index in [0.717, 1.165) is 128 Å². The zero-order valence-electron chi connectivity index (χ0n) is 73.7. The van der Waals surface area contributed by atoms with Crippen LogP contribution in [0.4, 0.5) is 35.1 Å². The molecule has 12 saturated carbocycles. The van der Waals surface area contributed by atoms with Gasteiger partial charge >= 0.3 is 47.6 Å². The van der Waals surface area contributed by atoms with Crippen LogP contribution in [0.3, 0.4) is 0 Å². The lowest BCUT2D eigenvalue weighted by molar-refractivity contribution is -0.197. The predicted molar refractivity (Wildman–Crippen MR) is 485 cm³/mol. The summed E-state index contributed by atoms with van der Waals surface area (Å²) in [6.45, 7) is 4.14. The standard InChI is InChI=1S/C18H13OS.C18H15S.3C14H20F2O3.C11H15S.C10H13OS.C4H6F2O2/c1-2-8-14(9-3-1)20-17-12-6-4-10-15(17)19-16-11-5-7-13-18(16)20;1-4-10-16(11-5-1)19(17-12-6-2-7-13-17)18-14-8-3-9-15-18;3*1-12(15,16)11(17)19-8-13-3-9-2-10(4-13)6-14(18,5-9)7-13;1-3-7-11(8-4-1)12-9-5-2-6-10-12;1-2-4-10(5-3-1)12-8-6-11-7-9-12;1-4(5,6)3(7)8-2/h1-13H;1-15H;3*9-10,18H,2-8H2,1H3;1,3-4,7-8H,2,5-6,9-10H2;1-5H,6-9H2;1-2H3/q2*+1;;;;2*+1;. The lowest BCUT2D eigenvalue weighted by Gasteiger charge is -2.59. The van der Waals surface area contributed by atoms with Crippen molar-refractivity contribution in [2.24, 2.45) is 51.8 Å². The number of methoxy groups -OCH3 is 1. The molecule has 8 aromatic rings. The molecule has 3 aliphatic heterocycles. The summed E-state index contributed by atoms with van der Waals surface area (Å²) >= 11 is 0. The van der Waals surface area contributed by atoms with E-state index < -0.39 is 64.4 Å². The molecule has 3 heterocycles. The Morgan fingerprint density at radius 1 is 0.359 bits per heavy atom. The van der Waals surface area contributed by atoms with Gasteiger partial charge in [0.1, 0.15) is 33.9 Å². The van der Waals surface area contributed by atoms with Gasteiger partial charge in [0, 0.05) is 65.7 Å². The van der Waals surface area contributed by atoms with Gasteiger partial charge in [0.2, 0.25) is 9.79 Å². The molecule has 6 unspecified atom stereocenters. The first-order chi connectivity index (χ1) is 60.9. The third-order valence-corrected chi connectivity index (χ3v) is 35.5. The molecule has 128 heavy (non-hydrogen) atoms. The normalized spacial score (nSPS) is 27.7. The number of ether oxygens (including phenoxy) is 6. The van der Waals surface area contributed by atoms with Gasteiger partial charge < -0.3 is 43.7 Å². The third-order valence-electron chi connectivity index (χ3n) is 26.3. The molecule has 0 amide bonds. The summed E-state index contributed by atoms with van der Waals surface area (Å²) in [4.78, 5) is 54.5. The molecule has 12 aliphatic carbocycles. The summed E-state index contributed by atoms with van der Waals surface area (Å²) in [5.41, 5.74) is -2.74. The van der Waals surface area contributed by atoms with E-state index in [2.05, 4.69) is 211 Å². The first kappa shape index (κ1) is 97.6. The number of fused-ring (bicyclic) bond motifs is 2. The summed E-state index contributed by atoms with van der Waals surface area (Å²) in [6, 6.07) is 81.3. The van der Waals surface area contributed by atoms with Crippen LogP contribution in [0, 0.1) is 51.8 Å². The van der Waals surface area contributed by atoms with Crippen LogP contribution >= 0.6 is 0 Å². The number of carbonyl (C=O) groups excluding carboxylic acids is 4. The minimum Gasteiger partial charge on any atom is -0.465 e. The summed E-state index contributed by atoms with van der Waals surface area (Å²) in [5.74, 6) is -9.47. The van der Waals surface area contributed by atoms with E-state index in [-0.39, 0.29) is 57.9 Å². The zero-order valence-corrected chi connectivity index (χ0v) is 77.0. The fourth-order valence-electron chi connectivity index (χ4n) is 22.5. The fourth-order valence-corrected chi connectivity index (χ4v) is 31.0. The number of alkyl halides is 8. The van der Waals surface area contributed by atoms with Crippen LogP contribution in [0.1, 0.15) is 163 Å². The van der Waals surface area contributed by atoms with Crippen LogP contribution in [0.2, 0.25) is 0 Å². The summed E-state index contributed by atoms with van der Waals surface area (Å²) in [5, 5.41) is 31.5. The minimum atomic E-state index is -3.43. The maximum Gasteiger partial charge on any atom is 0.376 e. The lowest BCUT2D eigenvalue weighted by Crippen LogP contribution is -2.57. The number of carbonyl (C=O) groups is 4. The van der Waals surface area contributed by atoms with Crippen molar-refractivity contribution in [1.29, 1.82) is 0 Å². The van der Waals surface area contributed by atoms with Gasteiger partial charge in [-0.05, 0) is 267 Å². The van der Waals surface area contributed by atoms with Crippen LogP contribution in [0.25, 0.3) is 0 Å². The fraction of sp³-hybridized carbons (Fsp3) is 0.495. The van der Waals surface area contributed by atoms with E-state index in [0.29, 0.717) is 104 Å². The van der Waals surface area contributed by atoms with E-state index >= 15 is 0 Å². The molecular formula is C103H122F8O13S4+4. The predicted octanol–water partition coefficient (Wildman–Crippen LogP) is 22.6. The number of aliphatic hydroxyl groups is 3. The van der Waals surface area contributed by atoms with Crippen molar-refractivity contribution in [3.63, 3.8) is 0 Å². The number of para-hydroxylation sites is 2. The average Bonchev–Trinajstić information content (AvgIpc) is 0.735. The van der Waals surface area contributed by atoms with Gasteiger partial charge in [-0.1, -0.05) is 133 Å². The highest BCUT2D eigenvalue weighted by Crippen LogP contribution is 2.65. The number of hydrogen-bond acceptors (Lipinski definition) is 13. The van der Waals surface area contributed by atoms with Crippen molar-refractivity contribution in [3.05, 3.63) is 231 Å². The molecule has 25 heteroatoms. The largest absolute Gasteiger partial charge is 0.465 e. The molecule has 13 nitrogen and oxygen atoms in total. The number of esters is 4. The highest BCUT2D eigenvalue weighted by molar-refractivity contribution is 7.98. The molecule has 23 rings (SSSR count). The first-order valence-electron chi connectivity index (χ1n) is 44.8. The van der Waals surface area contributed by atoms with Crippen molar-refractivity contribution in [3.8, 4) is 11.5 Å². The highest BCUT2D eigenvalue weighted by Gasteiger charge is 2.61. The second kappa shape index (κ2) is 42.3. The smallest absolute Gasteiger partial charge is 0.376 e. The van der Waals surface area contributed by atoms with Crippen LogP contribution < -0.4 is 4.74 Å². The number of rotatable bonds is 16. The maximum atomic E-state index is 12.8. The molecule has 2 saturated heterocycles. The van der Waals surface area contributed by atoms with E-state index in [9.17, 15) is 69.6 Å². The number of halogens is 8. The summed E-state index contributed by atoms with van der Waals surface area (Å²) < 4.78 is 130. The second-order valence-electron chi connectivity index (χ2n) is 37.8. The van der Waals surface area contributed by atoms with Crippen molar-refractivity contribution in [2.45, 2.75) is 242 Å². The van der Waals surface area contributed by atoms with Gasteiger partial charge in [0.15, 0.2) is 40.9 Å². The third kappa shape index (κ3) is 26.3. The SMILES string of the molecule is CC(F)(F)C(=O)OCC12CC3CC(CC(O)(C3)C1)C2.CC(F)(F)C(=O)OCC12CC3CC(CC(O)(C3)C1)C2.CC(F)(F)C(=O)OCC12CC3CC(CC(O)(C3)C1)C2.COC(=O)C(C)(F)F.c1ccc([S+](c2ccccc2)c2ccccc2)cc1.c1ccc([S+]2CCCCC2)cc1.c1ccc([S+]2CCOCC2)cc1.c1ccc([S+]2c3ccccc3Oc3ccccc32)cc1. The topological polar surface area (TPSA) is 184 Å². The molecule has 0 aromatic heterocycles. The Hall–Kier alpha value is -7.88. The van der Waals surface area contributed by atoms with Gasteiger partial charge in [0.25, 0.3) is 0 Å². The van der Waals surface area contributed by atoms with Gasteiger partial charge in [-0.15, -0.1) is 0 Å². The molecule has 6 atom stereocenters. The lowest BCUT2D eigenvalue weighted by atomic mass is 9.48. The van der Waals surface area contributed by atoms with Gasteiger partial charge in [-0.3, -0.25) is 0 Å². The minimum absolute atomic E-state index is 0.0146. The molecule has 688 valence electrons. The van der Waals surface area contributed by atoms with Gasteiger partial charge in [-0.2, -0.15) is 35.1 Å². The van der Waals surface area contributed by atoms with Gasteiger partial charge in [0.05, 0.1) is 67.8 Å². The Kier molecular flexibility index (Phi) is 32.3. The molecular weight excluding hydrogens is 1730 g/mol. The van der Waals surface area contributed by atoms with Crippen molar-refractivity contribution < 1.29 is 98.0 Å². The van der Waals surface area contributed by atoms with E-state index in [1.165, 1.54) is 76.5 Å². The maximum absolute atomic E-state index is 12.8. The summed E-state index contributed by atoms with van der Waals surface area (Å²) in [6.07, 6.45) is 19.8. The summed E-state index contributed by atoms with van der Waals surface area (Å²) in [7, 11) is 1.88. The van der Waals surface area contributed by atoms with Crippen molar-refractivity contribution in [1.82, 2.24) is 0 Å². The molecule has 8 aromatic carbocycles. The Morgan fingerprint density at radius 3 is 0.898 bits per heavy atom. The van der Waals surface area contributed by atoms with Crippen LogP contribution in [0.15, 0.2) is 270 Å². The Morgan fingerprint density at radius 2 is 0.625 bits per heavy atom. The molecule has 3 N–H and O–H groups in total. The molecule has 15 aliphatic rings. The molecule has 12 bridgehead atoms. The highest BCUT2D eigenvalue weighted by atomic mass is 32.2. The Labute approximate surface area is 759 Å². The number of hydrogen-bond donors (Lipinski definition) is 3.